The molecule has 0 amide bonds. The first-order chi connectivity index (χ1) is 8.76. The largest absolute Gasteiger partial charge is 0.317 e. The van der Waals surface area contributed by atoms with E-state index in [9.17, 15) is 0 Å². The van der Waals surface area contributed by atoms with Gasteiger partial charge in [0.15, 0.2) is 0 Å². The molecular formula is C15H24ClNS. The van der Waals surface area contributed by atoms with Gasteiger partial charge < -0.3 is 5.32 Å². The summed E-state index contributed by atoms with van der Waals surface area (Å²) in [5.74, 6) is 2.00. The van der Waals surface area contributed by atoms with Crippen molar-refractivity contribution in [3.05, 3.63) is 34.9 Å². The van der Waals surface area contributed by atoms with Crippen LogP contribution in [0.25, 0.3) is 0 Å². The minimum absolute atomic E-state index is 0.735. The summed E-state index contributed by atoms with van der Waals surface area (Å²) in [6, 6.07) is 8.28. The zero-order valence-corrected chi connectivity index (χ0v) is 13.0. The number of thioether (sulfide) groups is 1. The molecule has 0 saturated heterocycles. The molecule has 1 nitrogen and oxygen atoms in total. The third kappa shape index (κ3) is 6.67. The van der Waals surface area contributed by atoms with E-state index in [2.05, 4.69) is 30.6 Å². The maximum absolute atomic E-state index is 5.92. The normalized spacial score (nSPS) is 12.6. The molecule has 0 spiro atoms. The van der Waals surface area contributed by atoms with Gasteiger partial charge in [-0.2, -0.15) is 11.8 Å². The maximum Gasteiger partial charge on any atom is 0.0406 e. The lowest BCUT2D eigenvalue weighted by Crippen LogP contribution is -2.24. The number of halogens is 1. The first-order valence-electron chi connectivity index (χ1n) is 6.70. The average molecular weight is 286 g/mol. The number of hydrogen-bond donors (Lipinski definition) is 1. The summed E-state index contributed by atoms with van der Waals surface area (Å²) in [5, 5.41) is 4.30. The Bertz CT molecular complexity index is 313. The fourth-order valence-electron chi connectivity index (χ4n) is 2.09. The van der Waals surface area contributed by atoms with Crippen molar-refractivity contribution in [3.63, 3.8) is 0 Å². The van der Waals surface area contributed by atoms with Crippen LogP contribution in [0.1, 0.15) is 25.3 Å². The molecule has 1 aromatic carbocycles. The summed E-state index contributed by atoms with van der Waals surface area (Å²) >= 11 is 7.86. The Hall–Kier alpha value is -0.180. The third-order valence-corrected chi connectivity index (χ3v) is 4.03. The molecule has 3 heteroatoms. The second-order valence-corrected chi connectivity index (χ2v) is 6.06. The highest BCUT2D eigenvalue weighted by atomic mass is 35.5. The van der Waals surface area contributed by atoms with Crippen LogP contribution in [0.4, 0.5) is 0 Å². The Balaban J connectivity index is 2.45. The van der Waals surface area contributed by atoms with Crippen LogP contribution in [0, 0.1) is 5.92 Å². The number of rotatable bonds is 9. The Morgan fingerprint density at radius 1 is 1.28 bits per heavy atom. The van der Waals surface area contributed by atoms with Crippen LogP contribution in [0.2, 0.25) is 5.02 Å². The van der Waals surface area contributed by atoms with E-state index >= 15 is 0 Å². The van der Waals surface area contributed by atoms with E-state index in [0.29, 0.717) is 0 Å². The number of benzene rings is 1. The van der Waals surface area contributed by atoms with E-state index in [1.165, 1.54) is 24.2 Å². The fourth-order valence-corrected chi connectivity index (χ4v) is 2.68. The van der Waals surface area contributed by atoms with Gasteiger partial charge in [0.1, 0.15) is 0 Å². The van der Waals surface area contributed by atoms with Crippen LogP contribution in [0.5, 0.6) is 0 Å². The van der Waals surface area contributed by atoms with Crippen LogP contribution in [-0.4, -0.2) is 25.1 Å². The average Bonchev–Trinajstić information content (AvgIpc) is 2.38. The summed E-state index contributed by atoms with van der Waals surface area (Å²) in [7, 11) is 0. The molecule has 102 valence electrons. The molecule has 1 N–H and O–H groups in total. The van der Waals surface area contributed by atoms with Crippen molar-refractivity contribution in [3.8, 4) is 0 Å². The predicted molar refractivity (Wildman–Crippen MR) is 84.8 cm³/mol. The van der Waals surface area contributed by atoms with Crippen molar-refractivity contribution in [2.75, 3.05) is 25.1 Å². The Kier molecular flexibility index (Phi) is 8.57. The summed E-state index contributed by atoms with van der Waals surface area (Å²) < 4.78 is 0. The molecule has 18 heavy (non-hydrogen) atoms. The maximum atomic E-state index is 5.92. The Morgan fingerprint density at radius 3 is 2.61 bits per heavy atom. The predicted octanol–water partition coefficient (Wildman–Crippen LogP) is 4.25. The molecule has 0 radical (unpaired) electrons. The molecule has 0 aliphatic heterocycles. The molecule has 1 unspecified atom stereocenters. The molecule has 0 aliphatic rings. The lowest BCUT2D eigenvalue weighted by Gasteiger charge is -2.17. The van der Waals surface area contributed by atoms with Crippen molar-refractivity contribution < 1.29 is 0 Å². The standard InChI is InChI=1S/C15H24ClNS/c1-3-17-12-14(5-4-10-18-2)11-13-6-8-15(16)9-7-13/h6-9,14,17H,3-5,10-12H2,1-2H3. The summed E-state index contributed by atoms with van der Waals surface area (Å²) in [6.07, 6.45) is 5.94. The van der Waals surface area contributed by atoms with Crippen molar-refractivity contribution in [1.29, 1.82) is 0 Å². The second kappa shape index (κ2) is 9.71. The molecule has 0 fully saturated rings. The van der Waals surface area contributed by atoms with Gasteiger partial charge in [-0.1, -0.05) is 30.7 Å². The van der Waals surface area contributed by atoms with Gasteiger partial charge >= 0.3 is 0 Å². The molecule has 0 bridgehead atoms. The smallest absolute Gasteiger partial charge is 0.0406 e. The molecule has 0 aliphatic carbocycles. The van der Waals surface area contributed by atoms with Crippen LogP contribution in [0.15, 0.2) is 24.3 Å². The van der Waals surface area contributed by atoms with E-state index in [0.717, 1.165) is 30.5 Å². The van der Waals surface area contributed by atoms with Crippen LogP contribution < -0.4 is 5.32 Å². The highest BCUT2D eigenvalue weighted by molar-refractivity contribution is 7.98. The van der Waals surface area contributed by atoms with Gasteiger partial charge in [-0.3, -0.25) is 0 Å². The zero-order valence-electron chi connectivity index (χ0n) is 11.4. The lowest BCUT2D eigenvalue weighted by atomic mass is 9.95. The first-order valence-corrected chi connectivity index (χ1v) is 8.47. The summed E-state index contributed by atoms with van der Waals surface area (Å²) in [6.45, 7) is 4.34. The fraction of sp³-hybridized carbons (Fsp3) is 0.600. The van der Waals surface area contributed by atoms with E-state index in [1.807, 2.05) is 23.9 Å². The third-order valence-electron chi connectivity index (χ3n) is 3.08. The monoisotopic (exact) mass is 285 g/mol. The van der Waals surface area contributed by atoms with Gasteiger partial charge in [0.05, 0.1) is 0 Å². The highest BCUT2D eigenvalue weighted by Crippen LogP contribution is 2.17. The minimum atomic E-state index is 0.735. The molecule has 0 saturated carbocycles. The molecule has 0 heterocycles. The highest BCUT2D eigenvalue weighted by Gasteiger charge is 2.09. The Labute approximate surface area is 121 Å². The minimum Gasteiger partial charge on any atom is -0.317 e. The van der Waals surface area contributed by atoms with E-state index < -0.39 is 0 Å². The summed E-state index contributed by atoms with van der Waals surface area (Å²) in [4.78, 5) is 0. The van der Waals surface area contributed by atoms with Gasteiger partial charge in [0, 0.05) is 5.02 Å². The Morgan fingerprint density at radius 2 is 2.00 bits per heavy atom. The quantitative estimate of drug-likeness (QED) is 0.681. The molecular weight excluding hydrogens is 262 g/mol. The molecule has 1 atom stereocenters. The van der Waals surface area contributed by atoms with Crippen molar-refractivity contribution in [2.24, 2.45) is 5.92 Å². The van der Waals surface area contributed by atoms with Crippen molar-refractivity contribution >= 4 is 23.4 Å². The van der Waals surface area contributed by atoms with E-state index in [4.69, 9.17) is 11.6 Å². The van der Waals surface area contributed by atoms with E-state index in [-0.39, 0.29) is 0 Å². The zero-order chi connectivity index (χ0) is 13.2. The van der Waals surface area contributed by atoms with Crippen molar-refractivity contribution in [2.45, 2.75) is 26.2 Å². The first kappa shape index (κ1) is 15.9. The van der Waals surface area contributed by atoms with Gasteiger partial charge in [-0.05, 0) is 68.0 Å². The SMILES string of the molecule is CCNCC(CCCSC)Cc1ccc(Cl)cc1. The molecule has 1 rings (SSSR count). The molecule has 0 aromatic heterocycles. The van der Waals surface area contributed by atoms with E-state index in [1.54, 1.807) is 0 Å². The molecule has 1 aromatic rings. The van der Waals surface area contributed by atoms with Crippen molar-refractivity contribution in [1.82, 2.24) is 5.32 Å². The van der Waals surface area contributed by atoms with Crippen LogP contribution >= 0.6 is 23.4 Å². The second-order valence-electron chi connectivity index (χ2n) is 4.64. The number of nitrogens with one attached hydrogen (secondary N) is 1. The van der Waals surface area contributed by atoms with Gasteiger partial charge in [0.2, 0.25) is 0 Å². The topological polar surface area (TPSA) is 12.0 Å². The van der Waals surface area contributed by atoms with Crippen LogP contribution in [-0.2, 0) is 6.42 Å². The summed E-state index contributed by atoms with van der Waals surface area (Å²) in [5.41, 5.74) is 1.39. The lowest BCUT2D eigenvalue weighted by molar-refractivity contribution is 0.446. The number of hydrogen-bond acceptors (Lipinski definition) is 2. The van der Waals surface area contributed by atoms with Gasteiger partial charge in [-0.15, -0.1) is 0 Å². The van der Waals surface area contributed by atoms with Gasteiger partial charge in [0.25, 0.3) is 0 Å². The van der Waals surface area contributed by atoms with Crippen LogP contribution in [0.3, 0.4) is 0 Å². The van der Waals surface area contributed by atoms with Gasteiger partial charge in [-0.25, -0.2) is 0 Å².